The second-order valence-corrected chi connectivity index (χ2v) is 4.57. The Bertz CT molecular complexity index is 708. The minimum Gasteiger partial charge on any atom is -0.350 e. The third-order valence-electron chi connectivity index (χ3n) is 2.59. The maximum atomic E-state index is 11.7. The van der Waals surface area contributed by atoms with Gasteiger partial charge in [0.2, 0.25) is 0 Å². The van der Waals surface area contributed by atoms with Crippen molar-refractivity contribution in [1.82, 2.24) is 15.3 Å². The summed E-state index contributed by atoms with van der Waals surface area (Å²) < 4.78 is 0. The molecule has 1 amide bonds. The number of rotatable bonds is 4. The molecule has 0 unspecified atom stereocenters. The van der Waals surface area contributed by atoms with Crippen molar-refractivity contribution in [1.29, 1.82) is 0 Å². The van der Waals surface area contributed by atoms with Crippen molar-refractivity contribution in [3.63, 3.8) is 0 Å². The molecule has 0 aliphatic rings. The first kappa shape index (κ1) is 14.1. The van der Waals surface area contributed by atoms with Gasteiger partial charge in [0.1, 0.15) is 5.69 Å². The highest BCUT2D eigenvalue weighted by molar-refractivity contribution is 6.30. The molecule has 1 aromatic heterocycles. The van der Waals surface area contributed by atoms with Crippen LogP contribution < -0.4 is 16.6 Å². The summed E-state index contributed by atoms with van der Waals surface area (Å²) in [7, 11) is 0. The number of carbonyl (C=O) groups excluding carboxylic acids is 1. The summed E-state index contributed by atoms with van der Waals surface area (Å²) in [5, 5.41) is 3.25. The molecule has 0 bridgehead atoms. The maximum Gasteiger partial charge on any atom is 0.326 e. The number of amides is 1. The number of nitrogens with one attached hydrogen (secondary N) is 3. The van der Waals surface area contributed by atoms with Crippen LogP contribution in [-0.4, -0.2) is 22.4 Å². The van der Waals surface area contributed by atoms with Gasteiger partial charge in [-0.25, -0.2) is 4.79 Å². The third-order valence-corrected chi connectivity index (χ3v) is 2.83. The van der Waals surface area contributed by atoms with E-state index in [0.29, 0.717) is 18.0 Å². The van der Waals surface area contributed by atoms with E-state index in [-0.39, 0.29) is 5.69 Å². The zero-order chi connectivity index (χ0) is 14.5. The predicted molar refractivity (Wildman–Crippen MR) is 75.2 cm³/mol. The number of hydrogen-bond donors (Lipinski definition) is 3. The molecule has 1 heterocycles. The normalized spacial score (nSPS) is 10.2. The van der Waals surface area contributed by atoms with Gasteiger partial charge in [-0.15, -0.1) is 0 Å². The monoisotopic (exact) mass is 293 g/mol. The van der Waals surface area contributed by atoms with Crippen molar-refractivity contribution >= 4 is 17.5 Å². The van der Waals surface area contributed by atoms with E-state index in [1.165, 1.54) is 0 Å². The van der Waals surface area contributed by atoms with Crippen LogP contribution in [0.5, 0.6) is 0 Å². The highest BCUT2D eigenvalue weighted by Gasteiger charge is 2.07. The number of aromatic amines is 2. The van der Waals surface area contributed by atoms with Gasteiger partial charge in [0, 0.05) is 17.6 Å². The lowest BCUT2D eigenvalue weighted by molar-refractivity contribution is 0.0948. The van der Waals surface area contributed by atoms with Crippen LogP contribution in [0.1, 0.15) is 16.1 Å². The predicted octanol–water partition coefficient (Wildman–Crippen LogP) is 0.689. The van der Waals surface area contributed by atoms with Gasteiger partial charge >= 0.3 is 5.69 Å². The molecule has 0 saturated heterocycles. The number of aromatic nitrogens is 2. The molecule has 0 saturated carbocycles. The van der Waals surface area contributed by atoms with Crippen LogP contribution in [0.3, 0.4) is 0 Å². The molecule has 0 aliphatic carbocycles. The molecule has 0 atom stereocenters. The van der Waals surface area contributed by atoms with Crippen LogP contribution >= 0.6 is 11.6 Å². The first-order valence-corrected chi connectivity index (χ1v) is 6.29. The van der Waals surface area contributed by atoms with Gasteiger partial charge < -0.3 is 10.3 Å². The van der Waals surface area contributed by atoms with E-state index >= 15 is 0 Å². The maximum absolute atomic E-state index is 11.7. The molecule has 0 aliphatic heterocycles. The van der Waals surface area contributed by atoms with E-state index < -0.39 is 17.2 Å². The van der Waals surface area contributed by atoms with Crippen molar-refractivity contribution in [2.45, 2.75) is 6.42 Å². The molecule has 0 spiro atoms. The smallest absolute Gasteiger partial charge is 0.326 e. The van der Waals surface area contributed by atoms with Crippen LogP contribution in [0.25, 0.3) is 0 Å². The summed E-state index contributed by atoms with van der Waals surface area (Å²) in [6.07, 6.45) is 0.597. The van der Waals surface area contributed by atoms with E-state index in [1.54, 1.807) is 6.07 Å². The van der Waals surface area contributed by atoms with Crippen molar-refractivity contribution in [3.8, 4) is 0 Å². The molecule has 2 aromatic rings. The van der Waals surface area contributed by atoms with Crippen molar-refractivity contribution < 1.29 is 4.79 Å². The topological polar surface area (TPSA) is 94.8 Å². The Kier molecular flexibility index (Phi) is 4.37. The minimum atomic E-state index is -0.711. The fraction of sp³-hybridized carbons (Fsp3) is 0.154. The zero-order valence-electron chi connectivity index (χ0n) is 10.4. The Morgan fingerprint density at radius 3 is 2.70 bits per heavy atom. The molecule has 0 radical (unpaired) electrons. The Morgan fingerprint density at radius 1 is 1.20 bits per heavy atom. The average Bonchev–Trinajstić information content (AvgIpc) is 2.37. The Hall–Kier alpha value is -2.34. The summed E-state index contributed by atoms with van der Waals surface area (Å²) in [4.78, 5) is 38.1. The zero-order valence-corrected chi connectivity index (χ0v) is 11.2. The quantitative estimate of drug-likeness (QED) is 0.774. The average molecular weight is 294 g/mol. The van der Waals surface area contributed by atoms with Crippen LogP contribution in [-0.2, 0) is 6.42 Å². The van der Waals surface area contributed by atoms with E-state index in [4.69, 9.17) is 11.6 Å². The summed E-state index contributed by atoms with van der Waals surface area (Å²) >= 11 is 5.85. The SMILES string of the molecule is O=C(NCCc1cccc(Cl)c1)c1cc(=O)[nH]c(=O)[nH]1. The number of halogens is 1. The highest BCUT2D eigenvalue weighted by Crippen LogP contribution is 2.10. The fourth-order valence-corrected chi connectivity index (χ4v) is 1.91. The van der Waals surface area contributed by atoms with Gasteiger partial charge in [0.05, 0.1) is 0 Å². The Labute approximate surface area is 118 Å². The van der Waals surface area contributed by atoms with E-state index in [1.807, 2.05) is 23.2 Å². The van der Waals surface area contributed by atoms with E-state index in [9.17, 15) is 14.4 Å². The van der Waals surface area contributed by atoms with E-state index in [0.717, 1.165) is 11.6 Å². The molecule has 2 rings (SSSR count). The summed E-state index contributed by atoms with van der Waals surface area (Å²) in [6.45, 7) is 0.369. The lowest BCUT2D eigenvalue weighted by Gasteiger charge is -2.05. The lowest BCUT2D eigenvalue weighted by atomic mass is 10.1. The fourth-order valence-electron chi connectivity index (χ4n) is 1.70. The van der Waals surface area contributed by atoms with Crippen LogP contribution in [0.4, 0.5) is 0 Å². The number of H-pyrrole nitrogens is 2. The molecule has 20 heavy (non-hydrogen) atoms. The molecule has 6 nitrogen and oxygen atoms in total. The number of carbonyl (C=O) groups is 1. The van der Waals surface area contributed by atoms with Gasteiger partial charge in [-0.05, 0) is 24.1 Å². The number of benzene rings is 1. The van der Waals surface area contributed by atoms with Crippen LogP contribution in [0.15, 0.2) is 39.9 Å². The second kappa shape index (κ2) is 6.21. The van der Waals surface area contributed by atoms with Crippen molar-refractivity contribution in [3.05, 3.63) is 67.4 Å². The largest absolute Gasteiger partial charge is 0.350 e. The van der Waals surface area contributed by atoms with E-state index in [2.05, 4.69) is 10.3 Å². The molecule has 3 N–H and O–H groups in total. The summed E-state index contributed by atoms with van der Waals surface area (Å²) in [6, 6.07) is 8.34. The van der Waals surface area contributed by atoms with Gasteiger partial charge in [-0.1, -0.05) is 23.7 Å². The first-order chi connectivity index (χ1) is 9.54. The van der Waals surface area contributed by atoms with Gasteiger partial charge in [-0.3, -0.25) is 14.6 Å². The molecule has 0 fully saturated rings. The summed E-state index contributed by atoms with van der Waals surface area (Å²) in [5.74, 6) is -0.504. The Morgan fingerprint density at radius 2 is 2.00 bits per heavy atom. The standard InChI is InChI=1S/C13H12ClN3O3/c14-9-3-1-2-8(6-9)4-5-15-12(19)10-7-11(18)17-13(20)16-10/h1-3,6-7H,4-5H2,(H,15,19)(H2,16,17,18,20). The Balaban J connectivity index is 1.95. The molecule has 1 aromatic carbocycles. The van der Waals surface area contributed by atoms with Crippen molar-refractivity contribution in [2.75, 3.05) is 6.54 Å². The molecular weight excluding hydrogens is 282 g/mol. The molecule has 104 valence electrons. The van der Waals surface area contributed by atoms with Crippen LogP contribution in [0, 0.1) is 0 Å². The number of hydrogen-bond acceptors (Lipinski definition) is 3. The van der Waals surface area contributed by atoms with Gasteiger partial charge in [-0.2, -0.15) is 0 Å². The summed E-state index contributed by atoms with van der Waals surface area (Å²) in [5.41, 5.74) is -0.409. The minimum absolute atomic E-state index is 0.0650. The van der Waals surface area contributed by atoms with Gasteiger partial charge in [0.25, 0.3) is 11.5 Å². The second-order valence-electron chi connectivity index (χ2n) is 4.14. The third kappa shape index (κ3) is 3.83. The van der Waals surface area contributed by atoms with Crippen molar-refractivity contribution in [2.24, 2.45) is 0 Å². The first-order valence-electron chi connectivity index (χ1n) is 5.91. The lowest BCUT2D eigenvalue weighted by Crippen LogP contribution is -2.31. The highest BCUT2D eigenvalue weighted by atomic mass is 35.5. The molecular formula is C13H12ClN3O3. The van der Waals surface area contributed by atoms with Gasteiger partial charge in [0.15, 0.2) is 0 Å². The van der Waals surface area contributed by atoms with Crippen LogP contribution in [0.2, 0.25) is 5.02 Å². The molecule has 7 heteroatoms.